The topological polar surface area (TPSA) is 47.0 Å². The monoisotopic (exact) mass is 179 g/mol. The molecule has 1 aromatic rings. The smallest absolute Gasteiger partial charge is 0.157 e. The van der Waals surface area contributed by atoms with E-state index in [-0.39, 0.29) is 6.10 Å². The molecule has 2 heterocycles. The largest absolute Gasteiger partial charge is 0.369 e. The molecular weight excluding hydrogens is 166 g/mol. The molecule has 0 saturated carbocycles. The normalized spacial score (nSPS) is 23.8. The molecule has 4 heteroatoms. The zero-order valence-electron chi connectivity index (χ0n) is 7.44. The van der Waals surface area contributed by atoms with E-state index < -0.39 is 0 Å². The van der Waals surface area contributed by atoms with E-state index in [2.05, 4.69) is 15.3 Å². The van der Waals surface area contributed by atoms with Gasteiger partial charge >= 0.3 is 0 Å². The van der Waals surface area contributed by atoms with Gasteiger partial charge in [0.05, 0.1) is 6.61 Å². The van der Waals surface area contributed by atoms with Crippen molar-refractivity contribution >= 4 is 0 Å². The maximum Gasteiger partial charge on any atom is 0.157 e. The lowest BCUT2D eigenvalue weighted by Crippen LogP contribution is -2.16. The molecule has 0 aliphatic carbocycles. The summed E-state index contributed by atoms with van der Waals surface area (Å²) in [6, 6.07) is 1.82. The summed E-state index contributed by atoms with van der Waals surface area (Å²) in [6.45, 7) is 2.63. The molecule has 13 heavy (non-hydrogen) atoms. The molecule has 1 N–H and O–H groups in total. The third kappa shape index (κ3) is 2.23. The highest BCUT2D eigenvalue weighted by Gasteiger charge is 2.16. The predicted octanol–water partition coefficient (Wildman–Crippen LogP) is 0.528. The minimum Gasteiger partial charge on any atom is -0.369 e. The van der Waals surface area contributed by atoms with Gasteiger partial charge in [0, 0.05) is 18.9 Å². The molecule has 1 atom stereocenters. The summed E-state index contributed by atoms with van der Waals surface area (Å²) >= 11 is 0. The fourth-order valence-corrected chi connectivity index (χ4v) is 1.40. The summed E-state index contributed by atoms with van der Waals surface area (Å²) in [5, 5.41) is 3.27. The van der Waals surface area contributed by atoms with Gasteiger partial charge in [0.2, 0.25) is 0 Å². The van der Waals surface area contributed by atoms with Crippen LogP contribution in [0.3, 0.4) is 0 Å². The van der Waals surface area contributed by atoms with Crippen molar-refractivity contribution in [3.05, 3.63) is 24.3 Å². The number of aromatic nitrogens is 2. The van der Waals surface area contributed by atoms with E-state index in [4.69, 9.17) is 4.74 Å². The molecule has 1 aromatic heterocycles. The number of rotatable bonds is 1. The number of nitrogens with zero attached hydrogens (tertiary/aromatic N) is 2. The van der Waals surface area contributed by atoms with Gasteiger partial charge in [0.25, 0.3) is 0 Å². The van der Waals surface area contributed by atoms with Crippen LogP contribution in [0.5, 0.6) is 0 Å². The molecule has 1 aliphatic rings. The first-order valence-electron chi connectivity index (χ1n) is 4.56. The van der Waals surface area contributed by atoms with Gasteiger partial charge in [-0.3, -0.25) is 0 Å². The van der Waals surface area contributed by atoms with Crippen LogP contribution in [-0.2, 0) is 4.74 Å². The first kappa shape index (κ1) is 8.59. The van der Waals surface area contributed by atoms with E-state index in [1.807, 2.05) is 6.07 Å². The Balaban J connectivity index is 2.06. The second-order valence-electron chi connectivity index (χ2n) is 3.01. The van der Waals surface area contributed by atoms with E-state index in [1.165, 1.54) is 0 Å². The minimum atomic E-state index is 0.0659. The summed E-state index contributed by atoms with van der Waals surface area (Å²) < 4.78 is 5.60. The minimum absolute atomic E-state index is 0.0659. The van der Waals surface area contributed by atoms with Gasteiger partial charge in [0.15, 0.2) is 5.82 Å². The van der Waals surface area contributed by atoms with Crippen LogP contribution in [-0.4, -0.2) is 29.7 Å². The molecular formula is C9H13N3O. The van der Waals surface area contributed by atoms with Crippen LogP contribution in [0.25, 0.3) is 0 Å². The fourth-order valence-electron chi connectivity index (χ4n) is 1.40. The Morgan fingerprint density at radius 2 is 2.15 bits per heavy atom. The molecule has 70 valence electrons. The summed E-state index contributed by atoms with van der Waals surface area (Å²) in [5.74, 6) is 0.797. The summed E-state index contributed by atoms with van der Waals surface area (Å²) in [6.07, 6.45) is 4.52. The third-order valence-corrected chi connectivity index (χ3v) is 2.05. The lowest BCUT2D eigenvalue weighted by atomic mass is 10.2. The van der Waals surface area contributed by atoms with Gasteiger partial charge in [-0.25, -0.2) is 9.97 Å². The quantitative estimate of drug-likeness (QED) is 0.683. The summed E-state index contributed by atoms with van der Waals surface area (Å²) in [5.41, 5.74) is 0. The molecule has 0 amide bonds. The average molecular weight is 179 g/mol. The van der Waals surface area contributed by atoms with Crippen molar-refractivity contribution < 1.29 is 4.74 Å². The van der Waals surface area contributed by atoms with Crippen molar-refractivity contribution in [2.45, 2.75) is 12.5 Å². The zero-order valence-corrected chi connectivity index (χ0v) is 7.44. The Morgan fingerprint density at radius 1 is 1.31 bits per heavy atom. The highest BCUT2D eigenvalue weighted by Crippen LogP contribution is 2.17. The molecule has 2 rings (SSSR count). The predicted molar refractivity (Wildman–Crippen MR) is 48.2 cm³/mol. The lowest BCUT2D eigenvalue weighted by Gasteiger charge is -2.11. The highest BCUT2D eigenvalue weighted by atomic mass is 16.5. The maximum absolute atomic E-state index is 5.60. The Labute approximate surface area is 77.4 Å². The number of nitrogens with one attached hydrogen (secondary N) is 1. The van der Waals surface area contributed by atoms with Gasteiger partial charge in [-0.05, 0) is 19.0 Å². The Hall–Kier alpha value is -1.00. The standard InChI is InChI=1S/C9H13N3O/c1-3-11-9(12-4-1)8-2-5-10-6-7-13-8/h1,3-4,8,10H,2,5-7H2/t8-/m1/s1. The van der Waals surface area contributed by atoms with E-state index in [0.717, 1.165) is 31.9 Å². The van der Waals surface area contributed by atoms with Crippen molar-refractivity contribution in [2.75, 3.05) is 19.7 Å². The van der Waals surface area contributed by atoms with Gasteiger partial charge in [-0.2, -0.15) is 0 Å². The van der Waals surface area contributed by atoms with Crippen molar-refractivity contribution in [1.29, 1.82) is 0 Å². The second-order valence-corrected chi connectivity index (χ2v) is 3.01. The van der Waals surface area contributed by atoms with Crippen LogP contribution in [0.15, 0.2) is 18.5 Å². The van der Waals surface area contributed by atoms with Crippen LogP contribution in [0.2, 0.25) is 0 Å². The summed E-state index contributed by atoms with van der Waals surface area (Å²) in [7, 11) is 0. The molecule has 0 bridgehead atoms. The number of ether oxygens (including phenoxy) is 1. The van der Waals surface area contributed by atoms with Crippen LogP contribution >= 0.6 is 0 Å². The molecule has 1 fully saturated rings. The SMILES string of the molecule is c1cnc([C@H]2CCNCCO2)nc1. The van der Waals surface area contributed by atoms with Crippen molar-refractivity contribution in [3.63, 3.8) is 0 Å². The van der Waals surface area contributed by atoms with E-state index in [1.54, 1.807) is 12.4 Å². The maximum atomic E-state index is 5.60. The van der Waals surface area contributed by atoms with Gasteiger partial charge < -0.3 is 10.1 Å². The Morgan fingerprint density at radius 3 is 3.00 bits per heavy atom. The molecule has 0 unspecified atom stereocenters. The van der Waals surface area contributed by atoms with Crippen LogP contribution in [0.4, 0.5) is 0 Å². The summed E-state index contributed by atoms with van der Waals surface area (Å²) in [4.78, 5) is 8.36. The zero-order chi connectivity index (χ0) is 8.93. The molecule has 0 radical (unpaired) electrons. The lowest BCUT2D eigenvalue weighted by molar-refractivity contribution is 0.0580. The fraction of sp³-hybridized carbons (Fsp3) is 0.556. The van der Waals surface area contributed by atoms with Gasteiger partial charge in [-0.15, -0.1) is 0 Å². The van der Waals surface area contributed by atoms with Crippen LogP contribution < -0.4 is 5.32 Å². The van der Waals surface area contributed by atoms with Crippen LogP contribution in [0, 0.1) is 0 Å². The van der Waals surface area contributed by atoms with E-state index in [0.29, 0.717) is 0 Å². The van der Waals surface area contributed by atoms with Gasteiger partial charge in [-0.1, -0.05) is 0 Å². The first-order chi connectivity index (χ1) is 6.47. The molecule has 4 nitrogen and oxygen atoms in total. The third-order valence-electron chi connectivity index (χ3n) is 2.05. The number of hydrogen-bond acceptors (Lipinski definition) is 4. The first-order valence-corrected chi connectivity index (χ1v) is 4.56. The van der Waals surface area contributed by atoms with Crippen molar-refractivity contribution in [1.82, 2.24) is 15.3 Å². The van der Waals surface area contributed by atoms with Crippen LogP contribution in [0.1, 0.15) is 18.3 Å². The highest BCUT2D eigenvalue weighted by molar-refractivity contribution is 4.93. The Kier molecular flexibility index (Phi) is 2.84. The van der Waals surface area contributed by atoms with Crippen molar-refractivity contribution in [3.8, 4) is 0 Å². The average Bonchev–Trinajstić information content (AvgIpc) is 2.47. The second kappa shape index (κ2) is 4.30. The molecule has 1 aliphatic heterocycles. The number of hydrogen-bond donors (Lipinski definition) is 1. The van der Waals surface area contributed by atoms with Gasteiger partial charge in [0.1, 0.15) is 6.10 Å². The van der Waals surface area contributed by atoms with E-state index in [9.17, 15) is 0 Å². The van der Waals surface area contributed by atoms with Crippen molar-refractivity contribution in [2.24, 2.45) is 0 Å². The van der Waals surface area contributed by atoms with E-state index >= 15 is 0 Å². The molecule has 1 saturated heterocycles. The Bertz CT molecular complexity index is 244. The molecule has 0 spiro atoms. The molecule has 0 aromatic carbocycles.